The lowest BCUT2D eigenvalue weighted by molar-refractivity contribution is -0.161. The van der Waals surface area contributed by atoms with Crippen LogP contribution in [0.25, 0.3) is 0 Å². The number of carbonyl (C=O) groups excluding carboxylic acids is 2. The molecule has 0 amide bonds. The van der Waals surface area contributed by atoms with Gasteiger partial charge < -0.3 is 20.1 Å². The maximum atomic E-state index is 12.5. The molecule has 0 aliphatic rings. The third kappa shape index (κ3) is 39.0. The molecule has 0 aliphatic carbocycles. The highest BCUT2D eigenvalue weighted by Gasteiger charge is 2.25. The number of carbonyl (C=O) groups is 2. The smallest absolute Gasteiger partial charge is 0.462 e. The van der Waals surface area contributed by atoms with Crippen LogP contribution in [0.1, 0.15) is 155 Å². The second-order valence-corrected chi connectivity index (χ2v) is 14.6. The summed E-state index contributed by atoms with van der Waals surface area (Å²) in [7, 11) is -4.39. The summed E-state index contributed by atoms with van der Waals surface area (Å²) in [5.74, 6) is -0.880. The lowest BCUT2D eigenvalue weighted by atomic mass is 10.1. The number of hydrogen-bond donors (Lipinski definition) is 2. The van der Waals surface area contributed by atoms with Gasteiger partial charge in [0, 0.05) is 19.4 Å². The van der Waals surface area contributed by atoms with E-state index < -0.39 is 32.5 Å². The van der Waals surface area contributed by atoms with Gasteiger partial charge in [0.15, 0.2) is 6.10 Å². The van der Waals surface area contributed by atoms with Gasteiger partial charge in [0.2, 0.25) is 0 Å². The van der Waals surface area contributed by atoms with Gasteiger partial charge in [0.05, 0.1) is 13.2 Å². The quantitative estimate of drug-likeness (QED) is 0.0274. The second kappa shape index (κ2) is 39.2. The minimum absolute atomic E-state index is 0.0436. The minimum Gasteiger partial charge on any atom is -0.462 e. The fourth-order valence-corrected chi connectivity index (χ4v) is 5.83. The summed E-state index contributed by atoms with van der Waals surface area (Å²) in [6.45, 7) is 3.52. The number of unbranched alkanes of at least 4 members (excludes halogenated alkanes) is 12. The van der Waals surface area contributed by atoms with Crippen LogP contribution in [0.2, 0.25) is 0 Å². The SMILES string of the molecule is CCC=CCC=CCC=CCC=CCCCCCCC(=O)OC[C@H](COP(=O)(O)OCCN)OC(=O)CCCCCCCC=CCC=CCCCCC. The molecule has 0 aromatic heterocycles. The van der Waals surface area contributed by atoms with Gasteiger partial charge in [-0.1, -0.05) is 132 Å². The van der Waals surface area contributed by atoms with E-state index in [2.05, 4.69) is 86.8 Å². The molecule has 0 aromatic carbocycles. The lowest BCUT2D eigenvalue weighted by Crippen LogP contribution is -2.29. The highest BCUT2D eigenvalue weighted by Crippen LogP contribution is 2.43. The number of allylic oxidation sites excluding steroid dienone is 12. The summed E-state index contributed by atoms with van der Waals surface area (Å²) in [6, 6.07) is 0. The van der Waals surface area contributed by atoms with Gasteiger partial charge in [0.25, 0.3) is 0 Å². The van der Waals surface area contributed by atoms with Crippen LogP contribution in [0.15, 0.2) is 72.9 Å². The third-order valence-electron chi connectivity index (χ3n) is 8.08. The monoisotopic (exact) mass is 764 g/mol. The molecule has 10 heteroatoms. The molecule has 0 saturated heterocycles. The molecule has 0 aliphatic heterocycles. The Balaban J connectivity index is 4.27. The fourth-order valence-electron chi connectivity index (χ4n) is 5.07. The molecule has 304 valence electrons. The van der Waals surface area contributed by atoms with E-state index in [-0.39, 0.29) is 32.6 Å². The number of phosphoric acid groups is 1. The highest BCUT2D eigenvalue weighted by atomic mass is 31.2. The van der Waals surface area contributed by atoms with Crippen molar-refractivity contribution < 1.29 is 37.6 Å². The van der Waals surface area contributed by atoms with Gasteiger partial charge in [-0.15, -0.1) is 0 Å². The highest BCUT2D eigenvalue weighted by molar-refractivity contribution is 7.47. The normalized spacial score (nSPS) is 14.1. The number of nitrogens with two attached hydrogens (primary N) is 1. The number of ether oxygens (including phenoxy) is 2. The molecule has 3 N–H and O–H groups in total. The first kappa shape index (κ1) is 50.5. The van der Waals surface area contributed by atoms with E-state index in [4.69, 9.17) is 24.3 Å². The first-order valence-electron chi connectivity index (χ1n) is 20.4. The van der Waals surface area contributed by atoms with Gasteiger partial charge >= 0.3 is 19.8 Å². The van der Waals surface area contributed by atoms with Crippen LogP contribution >= 0.6 is 7.82 Å². The Morgan fingerprint density at radius 3 is 1.55 bits per heavy atom. The average molecular weight is 764 g/mol. The van der Waals surface area contributed by atoms with Gasteiger partial charge in [-0.3, -0.25) is 18.6 Å². The number of rotatable bonds is 37. The summed E-state index contributed by atoms with van der Waals surface area (Å²) in [4.78, 5) is 34.8. The third-order valence-corrected chi connectivity index (χ3v) is 9.06. The summed E-state index contributed by atoms with van der Waals surface area (Å²) < 4.78 is 32.7. The Bertz CT molecular complexity index is 1100. The van der Waals surface area contributed by atoms with E-state index in [0.717, 1.165) is 89.9 Å². The van der Waals surface area contributed by atoms with Crippen molar-refractivity contribution in [1.29, 1.82) is 0 Å². The van der Waals surface area contributed by atoms with E-state index in [1.54, 1.807) is 0 Å². The van der Waals surface area contributed by atoms with Gasteiger partial charge in [-0.2, -0.15) is 0 Å². The molecule has 2 atom stereocenters. The molecule has 0 heterocycles. The van der Waals surface area contributed by atoms with Crippen molar-refractivity contribution in [2.45, 2.75) is 161 Å². The molecule has 1 unspecified atom stereocenters. The Kier molecular flexibility index (Phi) is 37.3. The second-order valence-electron chi connectivity index (χ2n) is 13.1. The fraction of sp³-hybridized carbons (Fsp3) is 0.674. The molecule has 0 radical (unpaired) electrons. The standard InChI is InChI=1S/C43H74NO8P/c1-3-5-7-9-11-13-15-17-19-20-22-23-25-27-29-31-33-35-42(45)49-39-41(40-51-53(47,48)50-38-37-44)52-43(46)36-34-32-30-28-26-24-21-18-16-14-12-10-8-6-4-2/h5,7,11-14,17-19,21-23,41H,3-4,6,8-10,15-16,20,24-40,44H2,1-2H3,(H,47,48)/t41-/m1/s1. The van der Waals surface area contributed by atoms with Crippen molar-refractivity contribution >= 4 is 19.8 Å². The first-order valence-corrected chi connectivity index (χ1v) is 21.9. The molecule has 9 nitrogen and oxygen atoms in total. The van der Waals surface area contributed by atoms with Gasteiger partial charge in [0.1, 0.15) is 6.61 Å². The topological polar surface area (TPSA) is 134 Å². The Hall–Kier alpha value is -2.55. The first-order chi connectivity index (χ1) is 25.8. The zero-order valence-electron chi connectivity index (χ0n) is 33.2. The maximum Gasteiger partial charge on any atom is 0.472 e. The molecule has 0 spiro atoms. The molecule has 0 aromatic rings. The van der Waals surface area contributed by atoms with Crippen LogP contribution in [0.3, 0.4) is 0 Å². The van der Waals surface area contributed by atoms with Crippen molar-refractivity contribution in [1.82, 2.24) is 0 Å². The maximum absolute atomic E-state index is 12.5. The summed E-state index contributed by atoms with van der Waals surface area (Å²) in [6.07, 6.45) is 46.4. The van der Waals surface area contributed by atoms with Crippen molar-refractivity contribution in [3.8, 4) is 0 Å². The molecule has 0 rings (SSSR count). The van der Waals surface area contributed by atoms with E-state index >= 15 is 0 Å². The molecule has 53 heavy (non-hydrogen) atoms. The predicted octanol–water partition coefficient (Wildman–Crippen LogP) is 11.5. The van der Waals surface area contributed by atoms with E-state index in [1.807, 2.05) is 0 Å². The van der Waals surface area contributed by atoms with Crippen LogP contribution in [-0.4, -0.2) is 49.3 Å². The van der Waals surface area contributed by atoms with Gasteiger partial charge in [-0.25, -0.2) is 4.57 Å². The molecule has 0 fully saturated rings. The van der Waals surface area contributed by atoms with E-state index in [0.29, 0.717) is 12.8 Å². The number of esters is 2. The molecular formula is C43H74NO8P. The Morgan fingerprint density at radius 2 is 1.04 bits per heavy atom. The summed E-state index contributed by atoms with van der Waals surface area (Å²) >= 11 is 0. The van der Waals surface area contributed by atoms with Gasteiger partial charge in [-0.05, 0) is 83.5 Å². The van der Waals surface area contributed by atoms with E-state index in [9.17, 15) is 19.0 Å². The molecule has 0 bridgehead atoms. The van der Waals surface area contributed by atoms with Crippen LogP contribution in [0, 0.1) is 0 Å². The number of phosphoric ester groups is 1. The summed E-state index contributed by atoms with van der Waals surface area (Å²) in [5.41, 5.74) is 5.34. The Morgan fingerprint density at radius 1 is 0.585 bits per heavy atom. The molecule has 0 saturated carbocycles. The van der Waals surface area contributed by atoms with Crippen LogP contribution in [0.5, 0.6) is 0 Å². The summed E-state index contributed by atoms with van der Waals surface area (Å²) in [5, 5.41) is 0. The van der Waals surface area contributed by atoms with Crippen LogP contribution in [-0.2, 0) is 32.7 Å². The number of hydrogen-bond acceptors (Lipinski definition) is 8. The zero-order chi connectivity index (χ0) is 38.9. The Labute approximate surface area is 322 Å². The lowest BCUT2D eigenvalue weighted by Gasteiger charge is -2.19. The average Bonchev–Trinajstić information content (AvgIpc) is 3.14. The largest absolute Gasteiger partial charge is 0.472 e. The minimum atomic E-state index is -4.39. The van der Waals surface area contributed by atoms with Crippen molar-refractivity contribution in [3.05, 3.63) is 72.9 Å². The van der Waals surface area contributed by atoms with Crippen molar-refractivity contribution in [2.24, 2.45) is 5.73 Å². The van der Waals surface area contributed by atoms with Crippen LogP contribution in [0.4, 0.5) is 0 Å². The molecular weight excluding hydrogens is 689 g/mol. The zero-order valence-corrected chi connectivity index (χ0v) is 34.1. The van der Waals surface area contributed by atoms with E-state index in [1.165, 1.54) is 25.7 Å². The van der Waals surface area contributed by atoms with Crippen molar-refractivity contribution in [2.75, 3.05) is 26.4 Å². The van der Waals surface area contributed by atoms with Crippen LogP contribution < -0.4 is 5.73 Å². The van der Waals surface area contributed by atoms with Crippen molar-refractivity contribution in [3.63, 3.8) is 0 Å². The predicted molar refractivity (Wildman–Crippen MR) is 219 cm³/mol.